The zero-order valence-corrected chi connectivity index (χ0v) is 9.68. The van der Waals surface area contributed by atoms with Gasteiger partial charge in [0.25, 0.3) is 0 Å². The van der Waals surface area contributed by atoms with Gasteiger partial charge in [0.1, 0.15) is 0 Å². The van der Waals surface area contributed by atoms with Gasteiger partial charge in [0, 0.05) is 17.2 Å². The zero-order chi connectivity index (χ0) is 12.5. The number of nitrogen functional groups attached to an aromatic ring is 1. The molecule has 0 bridgehead atoms. The van der Waals surface area contributed by atoms with Gasteiger partial charge in [-0.05, 0) is 12.1 Å². The van der Waals surface area contributed by atoms with Gasteiger partial charge in [-0.3, -0.25) is 4.79 Å². The van der Waals surface area contributed by atoms with E-state index in [0.717, 1.165) is 22.5 Å². The van der Waals surface area contributed by atoms with Crippen LogP contribution in [0.1, 0.15) is 15.9 Å². The number of carbonyl (C=O) groups is 1. The van der Waals surface area contributed by atoms with Gasteiger partial charge < -0.3 is 11.1 Å². The number of ketones is 1. The number of allylic oxidation sites excluding steroid dienone is 1. The van der Waals surface area contributed by atoms with E-state index in [4.69, 9.17) is 5.73 Å². The molecule has 0 aliphatic heterocycles. The Morgan fingerprint density at radius 3 is 2.33 bits per heavy atom. The van der Waals surface area contributed by atoms with Crippen LogP contribution in [0, 0.1) is 0 Å². The Balaban J connectivity index is 1.99. The lowest BCUT2D eigenvalue weighted by Gasteiger charge is -2.10. The summed E-state index contributed by atoms with van der Waals surface area (Å²) in [6, 6.07) is 15.0. The Labute approximate surface area is 105 Å². The summed E-state index contributed by atoms with van der Waals surface area (Å²) >= 11 is 0. The zero-order valence-electron chi connectivity index (χ0n) is 9.68. The molecule has 0 aromatic heterocycles. The largest absolute Gasteiger partial charge is 0.397 e. The standard InChI is InChI=1S/C15H12N2O/c16-12-7-3-4-8-13(12)17-14-9-15(18)11-6-2-1-5-10(11)14/h1-9,17H,16H2. The molecule has 1 aliphatic carbocycles. The van der Waals surface area contributed by atoms with Gasteiger partial charge in [0.15, 0.2) is 5.78 Å². The Kier molecular flexibility index (Phi) is 2.38. The number of para-hydroxylation sites is 2. The molecular formula is C15H12N2O. The predicted molar refractivity (Wildman–Crippen MR) is 73.2 cm³/mol. The molecule has 0 heterocycles. The van der Waals surface area contributed by atoms with E-state index in [1.807, 2.05) is 48.5 Å². The highest BCUT2D eigenvalue weighted by atomic mass is 16.1. The van der Waals surface area contributed by atoms with E-state index in [1.54, 1.807) is 6.08 Å². The van der Waals surface area contributed by atoms with Gasteiger partial charge in [-0.15, -0.1) is 0 Å². The van der Waals surface area contributed by atoms with E-state index in [2.05, 4.69) is 5.32 Å². The Morgan fingerprint density at radius 1 is 0.889 bits per heavy atom. The van der Waals surface area contributed by atoms with Crippen LogP contribution in [0.2, 0.25) is 0 Å². The van der Waals surface area contributed by atoms with Crippen LogP contribution in [0.4, 0.5) is 11.4 Å². The molecule has 0 saturated heterocycles. The topological polar surface area (TPSA) is 55.1 Å². The number of hydrogen-bond acceptors (Lipinski definition) is 3. The molecule has 0 fully saturated rings. The fourth-order valence-electron chi connectivity index (χ4n) is 2.08. The van der Waals surface area contributed by atoms with E-state index in [0.29, 0.717) is 5.69 Å². The average Bonchev–Trinajstić information content (AvgIpc) is 2.70. The van der Waals surface area contributed by atoms with Crippen LogP contribution in [0.3, 0.4) is 0 Å². The van der Waals surface area contributed by atoms with Crippen molar-refractivity contribution in [2.24, 2.45) is 0 Å². The molecular weight excluding hydrogens is 224 g/mol. The highest BCUT2D eigenvalue weighted by Gasteiger charge is 2.20. The Hall–Kier alpha value is -2.55. The summed E-state index contributed by atoms with van der Waals surface area (Å²) in [5, 5.41) is 3.21. The lowest BCUT2D eigenvalue weighted by atomic mass is 10.1. The molecule has 3 heteroatoms. The van der Waals surface area contributed by atoms with Crippen molar-refractivity contribution in [3.05, 3.63) is 65.7 Å². The van der Waals surface area contributed by atoms with Gasteiger partial charge in [-0.2, -0.15) is 0 Å². The second kappa shape index (κ2) is 4.04. The van der Waals surface area contributed by atoms with Crippen molar-refractivity contribution in [2.45, 2.75) is 0 Å². The molecule has 0 spiro atoms. The van der Waals surface area contributed by atoms with Crippen LogP contribution in [-0.2, 0) is 0 Å². The summed E-state index contributed by atoms with van der Waals surface area (Å²) in [6.45, 7) is 0. The molecule has 2 aromatic rings. The van der Waals surface area contributed by atoms with E-state index >= 15 is 0 Å². The molecule has 0 atom stereocenters. The number of anilines is 2. The number of benzene rings is 2. The van der Waals surface area contributed by atoms with Crippen molar-refractivity contribution in [3.8, 4) is 0 Å². The van der Waals surface area contributed by atoms with Gasteiger partial charge in [0.05, 0.1) is 17.1 Å². The number of nitrogens with two attached hydrogens (primary N) is 1. The number of nitrogens with one attached hydrogen (secondary N) is 1. The van der Waals surface area contributed by atoms with E-state index in [9.17, 15) is 4.79 Å². The van der Waals surface area contributed by atoms with Crippen molar-refractivity contribution in [1.29, 1.82) is 0 Å². The van der Waals surface area contributed by atoms with Gasteiger partial charge in [-0.25, -0.2) is 0 Å². The maximum atomic E-state index is 11.8. The monoisotopic (exact) mass is 236 g/mol. The molecule has 88 valence electrons. The van der Waals surface area contributed by atoms with E-state index in [1.165, 1.54) is 0 Å². The minimum atomic E-state index is 0.0302. The maximum Gasteiger partial charge on any atom is 0.188 e. The van der Waals surface area contributed by atoms with E-state index < -0.39 is 0 Å². The SMILES string of the molecule is Nc1ccccc1NC1=CC(=O)c2ccccc21. The summed E-state index contributed by atoms with van der Waals surface area (Å²) in [6.07, 6.45) is 1.61. The smallest absolute Gasteiger partial charge is 0.188 e. The second-order valence-electron chi connectivity index (χ2n) is 4.18. The molecule has 2 aromatic carbocycles. The molecule has 3 nitrogen and oxygen atoms in total. The summed E-state index contributed by atoms with van der Waals surface area (Å²) in [5.74, 6) is 0.0302. The van der Waals surface area contributed by atoms with Crippen molar-refractivity contribution >= 4 is 22.9 Å². The number of carbonyl (C=O) groups excluding carboxylic acids is 1. The van der Waals surface area contributed by atoms with Gasteiger partial charge in [-0.1, -0.05) is 36.4 Å². The van der Waals surface area contributed by atoms with Gasteiger partial charge in [0.2, 0.25) is 0 Å². The summed E-state index contributed by atoms with van der Waals surface area (Å²) in [7, 11) is 0. The van der Waals surface area contributed by atoms with Crippen molar-refractivity contribution in [3.63, 3.8) is 0 Å². The number of fused-ring (bicyclic) bond motifs is 1. The minimum absolute atomic E-state index is 0.0302. The fraction of sp³-hybridized carbons (Fsp3) is 0. The summed E-state index contributed by atoms with van der Waals surface area (Å²) in [4.78, 5) is 11.8. The van der Waals surface area contributed by atoms with Crippen LogP contribution >= 0.6 is 0 Å². The van der Waals surface area contributed by atoms with Crippen LogP contribution < -0.4 is 11.1 Å². The molecule has 0 saturated carbocycles. The third kappa shape index (κ3) is 1.66. The Bertz CT molecular complexity index is 659. The molecule has 3 N–H and O–H groups in total. The van der Waals surface area contributed by atoms with Crippen LogP contribution in [0.15, 0.2) is 54.6 Å². The molecule has 18 heavy (non-hydrogen) atoms. The first kappa shape index (κ1) is 10.6. The maximum absolute atomic E-state index is 11.8. The number of rotatable bonds is 2. The average molecular weight is 236 g/mol. The third-order valence-corrected chi connectivity index (χ3v) is 2.99. The van der Waals surface area contributed by atoms with Crippen LogP contribution in [0.25, 0.3) is 5.70 Å². The van der Waals surface area contributed by atoms with Crippen molar-refractivity contribution < 1.29 is 4.79 Å². The summed E-state index contributed by atoms with van der Waals surface area (Å²) < 4.78 is 0. The number of hydrogen-bond donors (Lipinski definition) is 2. The van der Waals surface area contributed by atoms with Gasteiger partial charge >= 0.3 is 0 Å². The molecule has 1 aliphatic rings. The molecule has 3 rings (SSSR count). The molecule has 0 amide bonds. The lowest BCUT2D eigenvalue weighted by molar-refractivity contribution is 0.105. The fourth-order valence-corrected chi connectivity index (χ4v) is 2.08. The molecule has 0 radical (unpaired) electrons. The van der Waals surface area contributed by atoms with Crippen LogP contribution in [-0.4, -0.2) is 5.78 Å². The highest BCUT2D eigenvalue weighted by Crippen LogP contribution is 2.30. The summed E-state index contributed by atoms with van der Waals surface area (Å²) in [5.41, 5.74) is 9.81. The van der Waals surface area contributed by atoms with Crippen LogP contribution in [0.5, 0.6) is 0 Å². The lowest BCUT2D eigenvalue weighted by Crippen LogP contribution is -2.00. The van der Waals surface area contributed by atoms with Crippen molar-refractivity contribution in [2.75, 3.05) is 11.1 Å². The predicted octanol–water partition coefficient (Wildman–Crippen LogP) is 2.92. The third-order valence-electron chi connectivity index (χ3n) is 2.99. The normalized spacial score (nSPS) is 13.1. The first-order chi connectivity index (χ1) is 8.75. The first-order valence-corrected chi connectivity index (χ1v) is 5.72. The second-order valence-corrected chi connectivity index (χ2v) is 4.18. The highest BCUT2D eigenvalue weighted by molar-refractivity contribution is 6.17. The molecule has 0 unspecified atom stereocenters. The quantitative estimate of drug-likeness (QED) is 0.788. The Morgan fingerprint density at radius 2 is 1.56 bits per heavy atom. The first-order valence-electron chi connectivity index (χ1n) is 5.72. The minimum Gasteiger partial charge on any atom is -0.397 e. The van der Waals surface area contributed by atoms with E-state index in [-0.39, 0.29) is 5.78 Å². The van der Waals surface area contributed by atoms with Crippen molar-refractivity contribution in [1.82, 2.24) is 0 Å².